The summed E-state index contributed by atoms with van der Waals surface area (Å²) in [6.07, 6.45) is 2.22. The standard InChI is InChI=1S/C12H17NO2/c1-3-4-7-13-10-5-6-12(15)11(8-10)9(2)14/h5-6,8,13,15H,3-4,7H2,1-2H3. The number of benzene rings is 1. The summed E-state index contributed by atoms with van der Waals surface area (Å²) in [4.78, 5) is 11.2. The Labute approximate surface area is 90.1 Å². The summed E-state index contributed by atoms with van der Waals surface area (Å²) >= 11 is 0. The zero-order valence-corrected chi connectivity index (χ0v) is 9.21. The second-order valence-corrected chi connectivity index (χ2v) is 3.57. The highest BCUT2D eigenvalue weighted by molar-refractivity contribution is 5.97. The highest BCUT2D eigenvalue weighted by Gasteiger charge is 2.06. The Morgan fingerprint density at radius 3 is 2.80 bits per heavy atom. The number of anilines is 1. The van der Waals surface area contributed by atoms with Crippen LogP contribution in [0.2, 0.25) is 0 Å². The van der Waals surface area contributed by atoms with E-state index >= 15 is 0 Å². The summed E-state index contributed by atoms with van der Waals surface area (Å²) in [5.41, 5.74) is 1.25. The summed E-state index contributed by atoms with van der Waals surface area (Å²) in [6.45, 7) is 4.46. The van der Waals surface area contributed by atoms with Crippen molar-refractivity contribution in [3.63, 3.8) is 0 Å². The zero-order valence-electron chi connectivity index (χ0n) is 9.21. The van der Waals surface area contributed by atoms with E-state index in [4.69, 9.17) is 0 Å². The van der Waals surface area contributed by atoms with E-state index in [1.165, 1.54) is 6.92 Å². The van der Waals surface area contributed by atoms with E-state index < -0.39 is 0 Å². The molecule has 0 atom stereocenters. The number of nitrogens with one attached hydrogen (secondary N) is 1. The lowest BCUT2D eigenvalue weighted by atomic mass is 10.1. The first-order valence-electron chi connectivity index (χ1n) is 5.23. The number of phenols is 1. The molecule has 0 aliphatic carbocycles. The number of unbranched alkanes of at least 4 members (excludes halogenated alkanes) is 1. The molecule has 0 amide bonds. The predicted octanol–water partition coefficient (Wildman–Crippen LogP) is 2.81. The second kappa shape index (κ2) is 5.39. The maximum atomic E-state index is 11.2. The smallest absolute Gasteiger partial charge is 0.163 e. The molecule has 0 spiro atoms. The third-order valence-corrected chi connectivity index (χ3v) is 2.24. The molecule has 1 aromatic rings. The number of Topliss-reactive ketones (excluding diaryl/α,β-unsaturated/α-hetero) is 1. The highest BCUT2D eigenvalue weighted by atomic mass is 16.3. The van der Waals surface area contributed by atoms with E-state index in [-0.39, 0.29) is 11.5 Å². The monoisotopic (exact) mass is 207 g/mol. The lowest BCUT2D eigenvalue weighted by Gasteiger charge is -2.07. The van der Waals surface area contributed by atoms with Crippen LogP contribution in [0.1, 0.15) is 37.0 Å². The van der Waals surface area contributed by atoms with Crippen LogP contribution in [0.15, 0.2) is 18.2 Å². The average Bonchev–Trinajstić information content (AvgIpc) is 2.20. The van der Waals surface area contributed by atoms with Crippen molar-refractivity contribution >= 4 is 11.5 Å². The number of carbonyl (C=O) groups is 1. The molecule has 0 unspecified atom stereocenters. The van der Waals surface area contributed by atoms with Gasteiger partial charge in [-0.1, -0.05) is 13.3 Å². The summed E-state index contributed by atoms with van der Waals surface area (Å²) in [7, 11) is 0. The van der Waals surface area contributed by atoms with E-state index in [2.05, 4.69) is 12.2 Å². The number of aromatic hydroxyl groups is 1. The molecule has 0 fully saturated rings. The van der Waals surface area contributed by atoms with E-state index in [0.717, 1.165) is 25.1 Å². The van der Waals surface area contributed by atoms with Gasteiger partial charge in [0.1, 0.15) is 5.75 Å². The molecular weight excluding hydrogens is 190 g/mol. The Bertz CT molecular complexity index is 347. The minimum Gasteiger partial charge on any atom is -0.507 e. The van der Waals surface area contributed by atoms with Crippen LogP contribution in [-0.4, -0.2) is 17.4 Å². The lowest BCUT2D eigenvalue weighted by molar-refractivity contribution is 0.101. The van der Waals surface area contributed by atoms with Gasteiger partial charge in [-0.05, 0) is 31.5 Å². The minimum atomic E-state index is -0.119. The fourth-order valence-corrected chi connectivity index (χ4v) is 1.34. The van der Waals surface area contributed by atoms with Crippen LogP contribution in [0, 0.1) is 0 Å². The van der Waals surface area contributed by atoms with E-state index in [0.29, 0.717) is 5.56 Å². The molecule has 0 aliphatic rings. The molecule has 15 heavy (non-hydrogen) atoms. The summed E-state index contributed by atoms with van der Waals surface area (Å²) < 4.78 is 0. The SMILES string of the molecule is CCCCNc1ccc(O)c(C(C)=O)c1. The van der Waals surface area contributed by atoms with Gasteiger partial charge < -0.3 is 10.4 Å². The third kappa shape index (κ3) is 3.27. The van der Waals surface area contributed by atoms with Gasteiger partial charge in [-0.25, -0.2) is 0 Å². The van der Waals surface area contributed by atoms with Gasteiger partial charge in [-0.15, -0.1) is 0 Å². The van der Waals surface area contributed by atoms with Gasteiger partial charge in [0, 0.05) is 12.2 Å². The molecule has 0 aliphatic heterocycles. The Hall–Kier alpha value is -1.51. The van der Waals surface area contributed by atoms with E-state index in [9.17, 15) is 9.90 Å². The van der Waals surface area contributed by atoms with Crippen LogP contribution < -0.4 is 5.32 Å². The summed E-state index contributed by atoms with van der Waals surface area (Å²) in [6, 6.07) is 5.01. The van der Waals surface area contributed by atoms with Crippen molar-refractivity contribution in [3.8, 4) is 5.75 Å². The molecule has 1 rings (SSSR count). The van der Waals surface area contributed by atoms with Crippen molar-refractivity contribution < 1.29 is 9.90 Å². The minimum absolute atomic E-state index is 0.0449. The topological polar surface area (TPSA) is 49.3 Å². The van der Waals surface area contributed by atoms with Crippen molar-refractivity contribution in [2.24, 2.45) is 0 Å². The van der Waals surface area contributed by atoms with Crippen molar-refractivity contribution in [2.45, 2.75) is 26.7 Å². The largest absolute Gasteiger partial charge is 0.507 e. The van der Waals surface area contributed by atoms with Crippen LogP contribution in [0.5, 0.6) is 5.75 Å². The molecule has 82 valence electrons. The van der Waals surface area contributed by atoms with Crippen molar-refractivity contribution in [2.75, 3.05) is 11.9 Å². The zero-order chi connectivity index (χ0) is 11.3. The van der Waals surface area contributed by atoms with Gasteiger partial charge in [-0.2, -0.15) is 0 Å². The third-order valence-electron chi connectivity index (χ3n) is 2.24. The van der Waals surface area contributed by atoms with Gasteiger partial charge in [0.05, 0.1) is 5.56 Å². The second-order valence-electron chi connectivity index (χ2n) is 3.57. The highest BCUT2D eigenvalue weighted by Crippen LogP contribution is 2.21. The van der Waals surface area contributed by atoms with Gasteiger partial charge in [0.25, 0.3) is 0 Å². The molecule has 2 N–H and O–H groups in total. The number of phenolic OH excluding ortho intramolecular Hbond substituents is 1. The molecule has 0 saturated carbocycles. The van der Waals surface area contributed by atoms with E-state index in [1.54, 1.807) is 18.2 Å². The molecule has 0 radical (unpaired) electrons. The van der Waals surface area contributed by atoms with Crippen LogP contribution in [0.25, 0.3) is 0 Å². The number of hydrogen-bond acceptors (Lipinski definition) is 3. The van der Waals surface area contributed by atoms with Crippen LogP contribution in [0.3, 0.4) is 0 Å². The summed E-state index contributed by atoms with van der Waals surface area (Å²) in [5.74, 6) is -0.0739. The first-order valence-corrected chi connectivity index (χ1v) is 5.23. The molecule has 3 nitrogen and oxygen atoms in total. The van der Waals surface area contributed by atoms with Crippen molar-refractivity contribution in [1.29, 1.82) is 0 Å². The van der Waals surface area contributed by atoms with Crippen molar-refractivity contribution in [3.05, 3.63) is 23.8 Å². The van der Waals surface area contributed by atoms with Gasteiger partial charge in [-0.3, -0.25) is 4.79 Å². The molecular formula is C12H17NO2. The first kappa shape index (κ1) is 11.6. The average molecular weight is 207 g/mol. The number of carbonyl (C=O) groups excluding carboxylic acids is 1. The van der Waals surface area contributed by atoms with Crippen LogP contribution in [0.4, 0.5) is 5.69 Å². The Balaban J connectivity index is 2.74. The van der Waals surface area contributed by atoms with Gasteiger partial charge >= 0.3 is 0 Å². The predicted molar refractivity (Wildman–Crippen MR) is 61.5 cm³/mol. The quantitative estimate of drug-likeness (QED) is 0.443. The number of rotatable bonds is 5. The number of hydrogen-bond donors (Lipinski definition) is 2. The molecule has 1 aromatic carbocycles. The van der Waals surface area contributed by atoms with Gasteiger partial charge in [0.2, 0.25) is 0 Å². The Kier molecular flexibility index (Phi) is 4.16. The lowest BCUT2D eigenvalue weighted by Crippen LogP contribution is -2.02. The van der Waals surface area contributed by atoms with E-state index in [1.807, 2.05) is 0 Å². The normalized spacial score (nSPS) is 10.0. The molecule has 3 heteroatoms. The maximum absolute atomic E-state index is 11.2. The number of ketones is 1. The summed E-state index contributed by atoms with van der Waals surface area (Å²) in [5, 5.41) is 12.6. The fourth-order valence-electron chi connectivity index (χ4n) is 1.34. The molecule has 0 aromatic heterocycles. The molecule has 0 saturated heterocycles. The Morgan fingerprint density at radius 1 is 1.47 bits per heavy atom. The fraction of sp³-hybridized carbons (Fsp3) is 0.417. The van der Waals surface area contributed by atoms with Crippen LogP contribution in [-0.2, 0) is 0 Å². The van der Waals surface area contributed by atoms with Gasteiger partial charge in [0.15, 0.2) is 5.78 Å². The Morgan fingerprint density at radius 2 is 2.20 bits per heavy atom. The van der Waals surface area contributed by atoms with Crippen molar-refractivity contribution in [1.82, 2.24) is 0 Å². The first-order chi connectivity index (χ1) is 7.15. The van der Waals surface area contributed by atoms with Crippen LogP contribution >= 0.6 is 0 Å². The molecule has 0 bridgehead atoms. The molecule has 0 heterocycles. The maximum Gasteiger partial charge on any atom is 0.163 e.